The molecule has 0 saturated carbocycles. The number of methoxy groups -OCH3 is 2. The average Bonchev–Trinajstić information content (AvgIpc) is 2.81. The van der Waals surface area contributed by atoms with Gasteiger partial charge in [-0.2, -0.15) is 5.26 Å². The third-order valence-corrected chi connectivity index (χ3v) is 4.82. The summed E-state index contributed by atoms with van der Waals surface area (Å²) >= 11 is 0. The fourth-order valence-corrected chi connectivity index (χ4v) is 3.07. The Balaban J connectivity index is 2.10. The Morgan fingerprint density at radius 1 is 1.09 bits per heavy atom. The van der Waals surface area contributed by atoms with Crippen LogP contribution in [-0.2, 0) is 14.3 Å². The molecule has 180 valence electrons. The molecule has 0 fully saturated rings. The van der Waals surface area contributed by atoms with Crippen molar-refractivity contribution in [2.24, 2.45) is 0 Å². The fourth-order valence-electron chi connectivity index (χ4n) is 3.07. The number of amides is 1. The van der Waals surface area contributed by atoms with E-state index in [0.717, 1.165) is 11.1 Å². The van der Waals surface area contributed by atoms with Gasteiger partial charge in [0, 0.05) is 13.7 Å². The Hall–Kier alpha value is -3.83. The van der Waals surface area contributed by atoms with Gasteiger partial charge in [0.1, 0.15) is 17.4 Å². The predicted molar refractivity (Wildman–Crippen MR) is 128 cm³/mol. The van der Waals surface area contributed by atoms with Crippen molar-refractivity contribution >= 4 is 18.0 Å². The van der Waals surface area contributed by atoms with Crippen molar-refractivity contribution < 1.29 is 28.5 Å². The Labute approximate surface area is 200 Å². The van der Waals surface area contributed by atoms with Gasteiger partial charge in [-0.1, -0.05) is 32.0 Å². The number of rotatable bonds is 11. The van der Waals surface area contributed by atoms with E-state index in [1.807, 2.05) is 31.2 Å². The summed E-state index contributed by atoms with van der Waals surface area (Å²) in [5.41, 5.74) is 2.50. The molecule has 0 aliphatic carbocycles. The Morgan fingerprint density at radius 3 is 2.50 bits per heavy atom. The first-order chi connectivity index (χ1) is 16.3. The number of nitriles is 1. The lowest BCUT2D eigenvalue weighted by atomic mass is 10.0. The van der Waals surface area contributed by atoms with Crippen molar-refractivity contribution in [2.45, 2.75) is 26.7 Å². The third kappa shape index (κ3) is 7.64. The van der Waals surface area contributed by atoms with Crippen molar-refractivity contribution in [3.8, 4) is 23.3 Å². The molecule has 8 nitrogen and oxygen atoms in total. The van der Waals surface area contributed by atoms with Gasteiger partial charge in [-0.3, -0.25) is 4.79 Å². The topological polar surface area (TPSA) is 107 Å². The zero-order valence-corrected chi connectivity index (χ0v) is 20.1. The van der Waals surface area contributed by atoms with Crippen molar-refractivity contribution in [1.29, 1.82) is 5.26 Å². The van der Waals surface area contributed by atoms with E-state index >= 15 is 0 Å². The van der Waals surface area contributed by atoms with Gasteiger partial charge in [-0.25, -0.2) is 4.79 Å². The van der Waals surface area contributed by atoms with Crippen LogP contribution in [0.2, 0.25) is 0 Å². The molecular weight excluding hydrogens is 436 g/mol. The second-order valence-corrected chi connectivity index (χ2v) is 7.79. The summed E-state index contributed by atoms with van der Waals surface area (Å²) in [5.74, 6) is 0.262. The second kappa shape index (κ2) is 13.0. The van der Waals surface area contributed by atoms with E-state index in [1.165, 1.54) is 26.4 Å². The predicted octanol–water partition coefficient (Wildman–Crippen LogP) is 3.78. The highest BCUT2D eigenvalue weighted by molar-refractivity contribution is 6.01. The first-order valence-corrected chi connectivity index (χ1v) is 10.8. The van der Waals surface area contributed by atoms with Crippen LogP contribution in [0.1, 0.15) is 36.5 Å². The molecule has 0 aliphatic heterocycles. The summed E-state index contributed by atoms with van der Waals surface area (Å²) in [5, 5.41) is 11.9. The SMILES string of the molecule is COCCNC(=O)/C(C#N)=C/c1ccc(OC(=O)COc2cc(C)ccc2C(C)C)c(OC)c1. The van der Waals surface area contributed by atoms with Crippen LogP contribution < -0.4 is 19.5 Å². The molecule has 2 aromatic rings. The Morgan fingerprint density at radius 2 is 1.85 bits per heavy atom. The molecule has 2 rings (SSSR count). The highest BCUT2D eigenvalue weighted by Crippen LogP contribution is 2.30. The highest BCUT2D eigenvalue weighted by atomic mass is 16.6. The molecule has 1 N–H and O–H groups in total. The van der Waals surface area contributed by atoms with E-state index in [9.17, 15) is 14.9 Å². The summed E-state index contributed by atoms with van der Waals surface area (Å²) in [7, 11) is 2.95. The van der Waals surface area contributed by atoms with E-state index in [0.29, 0.717) is 17.9 Å². The summed E-state index contributed by atoms with van der Waals surface area (Å²) in [6.07, 6.45) is 1.42. The number of nitrogens with zero attached hydrogens (tertiary/aromatic N) is 1. The van der Waals surface area contributed by atoms with Gasteiger partial charge in [0.2, 0.25) is 0 Å². The van der Waals surface area contributed by atoms with E-state index in [2.05, 4.69) is 19.2 Å². The maximum atomic E-state index is 12.4. The molecule has 0 radical (unpaired) electrons. The number of ether oxygens (including phenoxy) is 4. The van der Waals surface area contributed by atoms with Gasteiger partial charge in [-0.15, -0.1) is 0 Å². The summed E-state index contributed by atoms with van der Waals surface area (Å²) < 4.78 is 21.4. The van der Waals surface area contributed by atoms with Crippen molar-refractivity contribution in [2.75, 3.05) is 34.0 Å². The molecular formula is C26H30N2O6. The number of carbonyl (C=O) groups excluding carboxylic acids is 2. The lowest BCUT2D eigenvalue weighted by molar-refractivity contribution is -0.136. The molecule has 0 aromatic heterocycles. The van der Waals surface area contributed by atoms with Crippen LogP contribution in [-0.4, -0.2) is 45.9 Å². The Kier molecular flexibility index (Phi) is 10.1. The largest absolute Gasteiger partial charge is 0.493 e. The number of nitrogens with one attached hydrogen (secondary N) is 1. The van der Waals surface area contributed by atoms with Gasteiger partial charge >= 0.3 is 5.97 Å². The lowest BCUT2D eigenvalue weighted by Crippen LogP contribution is -2.27. The minimum Gasteiger partial charge on any atom is -0.493 e. The van der Waals surface area contributed by atoms with Crippen LogP contribution >= 0.6 is 0 Å². The summed E-state index contributed by atoms with van der Waals surface area (Å²) in [6.45, 7) is 6.42. The highest BCUT2D eigenvalue weighted by Gasteiger charge is 2.15. The van der Waals surface area contributed by atoms with E-state index in [4.69, 9.17) is 18.9 Å². The molecule has 0 bridgehead atoms. The Bertz CT molecular complexity index is 1090. The zero-order valence-electron chi connectivity index (χ0n) is 20.1. The number of hydrogen-bond acceptors (Lipinski definition) is 7. The van der Waals surface area contributed by atoms with Crippen LogP contribution in [0, 0.1) is 18.3 Å². The molecule has 2 aromatic carbocycles. The number of benzene rings is 2. The molecule has 0 atom stereocenters. The molecule has 0 heterocycles. The van der Waals surface area contributed by atoms with Crippen LogP contribution in [0.5, 0.6) is 17.2 Å². The van der Waals surface area contributed by atoms with Crippen LogP contribution in [0.3, 0.4) is 0 Å². The van der Waals surface area contributed by atoms with Crippen LogP contribution in [0.15, 0.2) is 42.0 Å². The van der Waals surface area contributed by atoms with Gasteiger partial charge in [-0.05, 0) is 53.8 Å². The minimum atomic E-state index is -0.590. The van der Waals surface area contributed by atoms with Crippen molar-refractivity contribution in [1.82, 2.24) is 5.32 Å². The molecule has 34 heavy (non-hydrogen) atoms. The molecule has 0 unspecified atom stereocenters. The van der Waals surface area contributed by atoms with Gasteiger partial charge < -0.3 is 24.3 Å². The van der Waals surface area contributed by atoms with E-state index < -0.39 is 11.9 Å². The quantitative estimate of drug-likeness (QED) is 0.177. The summed E-state index contributed by atoms with van der Waals surface area (Å²) in [6, 6.07) is 12.5. The molecule has 8 heteroatoms. The monoisotopic (exact) mass is 466 g/mol. The molecule has 0 spiro atoms. The average molecular weight is 467 g/mol. The number of carbonyl (C=O) groups is 2. The van der Waals surface area contributed by atoms with Crippen LogP contribution in [0.25, 0.3) is 6.08 Å². The van der Waals surface area contributed by atoms with E-state index in [-0.39, 0.29) is 36.1 Å². The molecule has 0 aliphatic rings. The molecule has 0 saturated heterocycles. The minimum absolute atomic E-state index is 0.0737. The van der Waals surface area contributed by atoms with Crippen molar-refractivity contribution in [3.05, 3.63) is 58.7 Å². The van der Waals surface area contributed by atoms with Crippen LogP contribution in [0.4, 0.5) is 0 Å². The van der Waals surface area contributed by atoms with E-state index in [1.54, 1.807) is 12.1 Å². The number of aryl methyl sites for hydroxylation is 1. The fraction of sp³-hybridized carbons (Fsp3) is 0.346. The maximum Gasteiger partial charge on any atom is 0.349 e. The number of esters is 1. The third-order valence-electron chi connectivity index (χ3n) is 4.82. The van der Waals surface area contributed by atoms with Crippen molar-refractivity contribution in [3.63, 3.8) is 0 Å². The zero-order chi connectivity index (χ0) is 25.1. The first kappa shape index (κ1) is 26.4. The van der Waals surface area contributed by atoms with Gasteiger partial charge in [0.15, 0.2) is 18.1 Å². The first-order valence-electron chi connectivity index (χ1n) is 10.8. The smallest absolute Gasteiger partial charge is 0.349 e. The maximum absolute atomic E-state index is 12.4. The lowest BCUT2D eigenvalue weighted by Gasteiger charge is -2.15. The standard InChI is InChI=1S/C26H30N2O6/c1-17(2)21-8-6-18(3)12-23(21)33-16-25(29)34-22-9-7-19(14-24(22)32-5)13-20(15-27)26(30)28-10-11-31-4/h6-9,12-14,17H,10-11,16H2,1-5H3,(H,28,30)/b20-13+. The summed E-state index contributed by atoms with van der Waals surface area (Å²) in [4.78, 5) is 24.5. The second-order valence-electron chi connectivity index (χ2n) is 7.79. The number of hydrogen-bond donors (Lipinski definition) is 1. The normalized spacial score (nSPS) is 11.0. The van der Waals surface area contributed by atoms with Gasteiger partial charge in [0.05, 0.1) is 13.7 Å². The van der Waals surface area contributed by atoms with Gasteiger partial charge in [0.25, 0.3) is 5.91 Å². The molecule has 1 amide bonds.